The molecule has 0 bridgehead atoms. The molecule has 0 radical (unpaired) electrons. The Bertz CT molecular complexity index is 412. The average molecular weight is 275 g/mol. The van der Waals surface area contributed by atoms with Crippen LogP contribution in [0.1, 0.15) is 45.4 Å². The fraction of sp³-hybridized carbons (Fsp3) is 0.588. The number of aliphatic hydroxyl groups is 1. The first-order chi connectivity index (χ1) is 9.72. The van der Waals surface area contributed by atoms with Crippen LogP contribution in [-0.2, 0) is 4.79 Å². The van der Waals surface area contributed by atoms with Crippen LogP contribution < -0.4 is 5.32 Å². The van der Waals surface area contributed by atoms with Crippen LogP contribution in [0.25, 0.3) is 0 Å². The number of aliphatic hydroxyl groups excluding tert-OH is 1. The van der Waals surface area contributed by atoms with E-state index < -0.39 is 6.10 Å². The molecule has 0 aromatic heterocycles. The van der Waals surface area contributed by atoms with Gasteiger partial charge in [-0.1, -0.05) is 44.4 Å². The number of para-hydroxylation sites is 1. The molecule has 110 valence electrons. The zero-order chi connectivity index (χ0) is 14.4. The molecule has 2 rings (SSSR count). The Morgan fingerprint density at radius 3 is 2.50 bits per heavy atom. The van der Waals surface area contributed by atoms with E-state index in [1.165, 1.54) is 19.3 Å². The predicted molar refractivity (Wildman–Crippen MR) is 81.4 cm³/mol. The van der Waals surface area contributed by atoms with Crippen molar-refractivity contribution in [3.8, 4) is 0 Å². The maximum atomic E-state index is 12.4. The minimum atomic E-state index is -0.510. The number of anilines is 1. The summed E-state index contributed by atoms with van der Waals surface area (Å²) in [5, 5.41) is 13.4. The summed E-state index contributed by atoms with van der Waals surface area (Å²) >= 11 is 0. The van der Waals surface area contributed by atoms with Crippen molar-refractivity contribution in [3.05, 3.63) is 30.3 Å². The van der Waals surface area contributed by atoms with Gasteiger partial charge >= 0.3 is 0 Å². The molecule has 0 spiro atoms. The maximum absolute atomic E-state index is 12.4. The summed E-state index contributed by atoms with van der Waals surface area (Å²) < 4.78 is 0. The van der Waals surface area contributed by atoms with Gasteiger partial charge in [0.25, 0.3) is 0 Å². The molecule has 3 nitrogen and oxygen atoms in total. The first kappa shape index (κ1) is 15.0. The monoisotopic (exact) mass is 275 g/mol. The van der Waals surface area contributed by atoms with Crippen molar-refractivity contribution in [3.63, 3.8) is 0 Å². The van der Waals surface area contributed by atoms with Gasteiger partial charge < -0.3 is 10.4 Å². The highest BCUT2D eigenvalue weighted by molar-refractivity contribution is 5.92. The smallest absolute Gasteiger partial charge is 0.230 e. The van der Waals surface area contributed by atoms with Crippen LogP contribution in [-0.4, -0.2) is 17.1 Å². The number of carbonyl (C=O) groups is 1. The van der Waals surface area contributed by atoms with Gasteiger partial charge in [-0.25, -0.2) is 0 Å². The highest BCUT2D eigenvalue weighted by Crippen LogP contribution is 2.31. The van der Waals surface area contributed by atoms with Crippen molar-refractivity contribution in [2.24, 2.45) is 11.8 Å². The van der Waals surface area contributed by atoms with Crippen LogP contribution >= 0.6 is 0 Å². The number of hydrogen-bond acceptors (Lipinski definition) is 2. The average Bonchev–Trinajstić information content (AvgIpc) is 2.49. The molecule has 1 aromatic carbocycles. The molecule has 1 aliphatic carbocycles. The Morgan fingerprint density at radius 2 is 1.90 bits per heavy atom. The molecule has 1 fully saturated rings. The quantitative estimate of drug-likeness (QED) is 0.862. The number of benzene rings is 1. The molecule has 2 N–H and O–H groups in total. The van der Waals surface area contributed by atoms with E-state index in [4.69, 9.17) is 0 Å². The second kappa shape index (κ2) is 7.44. The molecule has 3 heteroatoms. The first-order valence-electron chi connectivity index (χ1n) is 7.76. The molecule has 0 saturated heterocycles. The van der Waals surface area contributed by atoms with Gasteiger partial charge in [0.05, 0.1) is 12.0 Å². The summed E-state index contributed by atoms with van der Waals surface area (Å²) in [7, 11) is 0. The normalized spacial score (nSPS) is 19.3. The molecule has 20 heavy (non-hydrogen) atoms. The molecule has 1 aromatic rings. The summed E-state index contributed by atoms with van der Waals surface area (Å²) in [5.74, 6) is -0.0784. The Balaban J connectivity index is 1.97. The SMILES string of the molecule is CC[C@@H](C(=O)Nc1ccccc1)[C@@H](O)C1CCCCC1. The van der Waals surface area contributed by atoms with E-state index in [0.717, 1.165) is 18.5 Å². The Hall–Kier alpha value is -1.35. The third-order valence-electron chi connectivity index (χ3n) is 4.36. The van der Waals surface area contributed by atoms with Crippen molar-refractivity contribution in [1.29, 1.82) is 0 Å². The highest BCUT2D eigenvalue weighted by Gasteiger charge is 2.32. The molecule has 1 aliphatic rings. The van der Waals surface area contributed by atoms with Gasteiger partial charge in [0, 0.05) is 5.69 Å². The van der Waals surface area contributed by atoms with E-state index in [1.807, 2.05) is 37.3 Å². The number of carbonyl (C=O) groups excluding carboxylic acids is 1. The molecule has 0 aliphatic heterocycles. The number of nitrogens with one attached hydrogen (secondary N) is 1. The van der Waals surface area contributed by atoms with Crippen LogP contribution in [0, 0.1) is 11.8 Å². The predicted octanol–water partition coefficient (Wildman–Crippen LogP) is 3.59. The topological polar surface area (TPSA) is 49.3 Å². The van der Waals surface area contributed by atoms with Crippen LogP contribution in [0.15, 0.2) is 30.3 Å². The van der Waals surface area contributed by atoms with Gasteiger partial charge in [0.2, 0.25) is 5.91 Å². The minimum Gasteiger partial charge on any atom is -0.392 e. The van der Waals surface area contributed by atoms with E-state index in [-0.39, 0.29) is 17.7 Å². The van der Waals surface area contributed by atoms with Crippen molar-refractivity contribution in [2.75, 3.05) is 5.32 Å². The number of amides is 1. The summed E-state index contributed by atoms with van der Waals surface area (Å²) in [6, 6.07) is 9.46. The standard InChI is InChI=1S/C17H25NO2/c1-2-15(16(19)13-9-5-3-6-10-13)17(20)18-14-11-7-4-8-12-14/h4,7-8,11-13,15-16,19H,2-3,5-6,9-10H2,1H3,(H,18,20)/t15-,16+/m1/s1. The van der Waals surface area contributed by atoms with Crippen LogP contribution in [0.5, 0.6) is 0 Å². The fourth-order valence-corrected chi connectivity index (χ4v) is 3.14. The third kappa shape index (κ3) is 3.83. The second-order valence-electron chi connectivity index (χ2n) is 5.76. The Labute approximate surface area is 121 Å². The van der Waals surface area contributed by atoms with Gasteiger partial charge in [-0.15, -0.1) is 0 Å². The van der Waals surface area contributed by atoms with Crippen molar-refractivity contribution < 1.29 is 9.90 Å². The molecule has 2 atom stereocenters. The lowest BCUT2D eigenvalue weighted by Gasteiger charge is -2.31. The summed E-state index contributed by atoms with van der Waals surface area (Å²) in [5.41, 5.74) is 0.798. The van der Waals surface area contributed by atoms with Crippen molar-refractivity contribution >= 4 is 11.6 Å². The van der Waals surface area contributed by atoms with Crippen LogP contribution in [0.2, 0.25) is 0 Å². The van der Waals surface area contributed by atoms with Crippen molar-refractivity contribution in [2.45, 2.75) is 51.6 Å². The lowest BCUT2D eigenvalue weighted by molar-refractivity contribution is -0.125. The third-order valence-corrected chi connectivity index (χ3v) is 4.36. The van der Waals surface area contributed by atoms with Crippen LogP contribution in [0.3, 0.4) is 0 Å². The van der Waals surface area contributed by atoms with Gasteiger partial charge in [0.1, 0.15) is 0 Å². The molecular formula is C17H25NO2. The van der Waals surface area contributed by atoms with E-state index in [1.54, 1.807) is 0 Å². The Kier molecular flexibility index (Phi) is 5.60. The largest absolute Gasteiger partial charge is 0.392 e. The second-order valence-corrected chi connectivity index (χ2v) is 5.76. The van der Waals surface area contributed by atoms with E-state index in [0.29, 0.717) is 6.42 Å². The maximum Gasteiger partial charge on any atom is 0.230 e. The first-order valence-corrected chi connectivity index (χ1v) is 7.76. The van der Waals surface area contributed by atoms with Gasteiger partial charge in [0.15, 0.2) is 0 Å². The molecular weight excluding hydrogens is 250 g/mol. The van der Waals surface area contributed by atoms with E-state index in [9.17, 15) is 9.90 Å². The van der Waals surface area contributed by atoms with Gasteiger partial charge in [-0.05, 0) is 37.3 Å². The zero-order valence-electron chi connectivity index (χ0n) is 12.2. The summed E-state index contributed by atoms with van der Waals surface area (Å²) in [6.45, 7) is 1.97. The van der Waals surface area contributed by atoms with E-state index >= 15 is 0 Å². The summed E-state index contributed by atoms with van der Waals surface area (Å²) in [6.07, 6.45) is 5.89. The molecule has 1 amide bonds. The van der Waals surface area contributed by atoms with Gasteiger partial charge in [-0.2, -0.15) is 0 Å². The summed E-state index contributed by atoms with van der Waals surface area (Å²) in [4.78, 5) is 12.4. The van der Waals surface area contributed by atoms with E-state index in [2.05, 4.69) is 5.32 Å². The minimum absolute atomic E-state index is 0.0585. The number of hydrogen-bond donors (Lipinski definition) is 2. The van der Waals surface area contributed by atoms with Crippen molar-refractivity contribution in [1.82, 2.24) is 0 Å². The highest BCUT2D eigenvalue weighted by atomic mass is 16.3. The molecule has 1 saturated carbocycles. The van der Waals surface area contributed by atoms with Gasteiger partial charge in [-0.3, -0.25) is 4.79 Å². The fourth-order valence-electron chi connectivity index (χ4n) is 3.14. The molecule has 0 heterocycles. The molecule has 0 unspecified atom stereocenters. The lowest BCUT2D eigenvalue weighted by atomic mass is 9.79. The Morgan fingerprint density at radius 1 is 1.25 bits per heavy atom. The number of rotatable bonds is 5. The van der Waals surface area contributed by atoms with Crippen LogP contribution in [0.4, 0.5) is 5.69 Å². The zero-order valence-corrected chi connectivity index (χ0v) is 12.2. The lowest BCUT2D eigenvalue weighted by Crippen LogP contribution is -2.38.